The molecule has 0 aliphatic rings. The van der Waals surface area contributed by atoms with E-state index in [9.17, 15) is 0 Å². The van der Waals surface area contributed by atoms with Crippen LogP contribution >= 0.6 is 0 Å². The number of hydrogen-bond donors (Lipinski definition) is 0. The molecule has 0 amide bonds. The van der Waals surface area contributed by atoms with Gasteiger partial charge in [0, 0.05) is 125 Å². The fourth-order valence-corrected chi connectivity index (χ4v) is 0. The molecule has 0 heterocycles. The normalized spacial score (nSPS) is 0. The molecule has 0 saturated heterocycles. The molecule has 0 unspecified atom stereocenters. The van der Waals surface area contributed by atoms with Crippen LogP contribution < -0.4 is 0 Å². The molecular weight excluding hydrogens is 617 g/mol. The van der Waals surface area contributed by atoms with Gasteiger partial charge in [-0.2, -0.15) is 0 Å². The molecule has 0 nitrogen and oxygen atoms in total. The Morgan fingerprint density at radius 2 is 1.00 bits per heavy atom. The fraction of sp³-hybridized carbons (Fsp3) is 1.00. The van der Waals surface area contributed by atoms with Crippen molar-refractivity contribution in [3.05, 3.63) is 0 Å². The Hall–Kier alpha value is 4.97. The van der Waals surface area contributed by atoms with E-state index in [1.807, 2.05) is 0 Å². The van der Waals surface area contributed by atoms with Gasteiger partial charge in [0.05, 0.1) is 0 Å². The van der Waals surface area contributed by atoms with Gasteiger partial charge >= 0.3 is 25.8 Å². The second-order valence-electron chi connectivity index (χ2n) is 0. The molecule has 0 bridgehead atoms. The fourth-order valence-electron chi connectivity index (χ4n) is 0. The first-order chi connectivity index (χ1) is 0. The second-order valence-corrected chi connectivity index (χ2v) is 0. The monoisotopic (exact) mass is 626 g/mol. The summed E-state index contributed by atoms with van der Waals surface area (Å²) in [6, 6.07) is 0. The summed E-state index contributed by atoms with van der Waals surface area (Å²) in [7, 11) is 0. The average molecular weight is 625 g/mol. The van der Waals surface area contributed by atoms with Crippen molar-refractivity contribution in [1.82, 2.24) is 0 Å². The summed E-state index contributed by atoms with van der Waals surface area (Å²) in [6.07, 6.45) is 0. The van der Waals surface area contributed by atoms with Crippen molar-refractivity contribution < 1.29 is 125 Å². The molecule has 0 atom stereocenters. The summed E-state index contributed by atoms with van der Waals surface area (Å²) in [6.45, 7) is 0. The third-order valence-electron chi connectivity index (χ3n) is 0. The Bertz CT molecular complexity index is 11.6. The van der Waals surface area contributed by atoms with Gasteiger partial charge in [-0.15, -0.1) is 0 Å². The van der Waals surface area contributed by atoms with Crippen LogP contribution in [0.4, 0.5) is 0 Å². The van der Waals surface area contributed by atoms with Crippen molar-refractivity contribution in [2.75, 3.05) is 0 Å². The molecule has 0 rings (SSSR count). The Labute approximate surface area is 153 Å². The van der Waals surface area contributed by atoms with E-state index in [1.54, 1.807) is 0 Å². The molecule has 0 N–H and O–H groups in total. The zero-order chi connectivity index (χ0) is 0. The molecule has 0 aromatic heterocycles. The molecule has 46 valence electrons. The molecule has 0 aliphatic heterocycles. The molecular formula is CH7ErInSmYb. The van der Waals surface area contributed by atoms with Crippen LogP contribution in [0.1, 0.15) is 7.43 Å². The minimum absolute atomic E-state index is 0. The van der Waals surface area contributed by atoms with Gasteiger partial charge in [0.15, 0.2) is 0 Å². The van der Waals surface area contributed by atoms with Crippen molar-refractivity contribution in [3.8, 4) is 0 Å². The van der Waals surface area contributed by atoms with E-state index in [4.69, 9.17) is 0 Å². The van der Waals surface area contributed by atoms with Crippen LogP contribution in [0.2, 0.25) is 0 Å². The van der Waals surface area contributed by atoms with Gasteiger partial charge in [0.25, 0.3) is 0 Å². The summed E-state index contributed by atoms with van der Waals surface area (Å²) in [5, 5.41) is 0. The van der Waals surface area contributed by atoms with E-state index in [0.29, 0.717) is 0 Å². The molecule has 0 saturated carbocycles. The predicted octanol–water partition coefficient (Wildman–Crippen LogP) is -0.548. The largest absolute Gasteiger partial charge is 0 e. The minimum atomic E-state index is 0. The van der Waals surface area contributed by atoms with Crippen LogP contribution in [-0.2, 0) is 0 Å². The Morgan fingerprint density at radius 3 is 1.00 bits per heavy atom. The quantitative estimate of drug-likeness (QED) is 0.340. The standard InChI is InChI=1S/CH4.Er.In.Sm.Yb.3H/h1H4;;;;;;;. The maximum atomic E-state index is 0. The summed E-state index contributed by atoms with van der Waals surface area (Å²) in [5.41, 5.74) is 0. The van der Waals surface area contributed by atoms with Crippen molar-refractivity contribution in [2.45, 2.75) is 7.43 Å². The summed E-state index contributed by atoms with van der Waals surface area (Å²) in [4.78, 5) is 0. The van der Waals surface area contributed by atoms with Gasteiger partial charge in [-0.25, -0.2) is 0 Å². The molecule has 0 radical (unpaired) electrons. The molecule has 0 aliphatic carbocycles. The number of hydrogen-bond acceptors (Lipinski definition) is 0. The van der Waals surface area contributed by atoms with E-state index in [1.165, 1.54) is 0 Å². The Balaban J connectivity index is 0. The molecule has 0 spiro atoms. The first-order valence-electron chi connectivity index (χ1n) is 0. The van der Waals surface area contributed by atoms with Crippen LogP contribution in [0.15, 0.2) is 0 Å². The first-order valence-corrected chi connectivity index (χ1v) is 0. The van der Waals surface area contributed by atoms with Crippen LogP contribution in [0.5, 0.6) is 0 Å². The third-order valence-corrected chi connectivity index (χ3v) is 0. The maximum absolute atomic E-state index is 0. The molecule has 0 aromatic carbocycles. The van der Waals surface area contributed by atoms with Gasteiger partial charge in [-0.05, 0) is 0 Å². The minimum Gasteiger partial charge on any atom is 0 e. The summed E-state index contributed by atoms with van der Waals surface area (Å²) >= 11 is 0. The van der Waals surface area contributed by atoms with Crippen LogP contribution in [-0.4, -0.2) is 25.8 Å². The van der Waals surface area contributed by atoms with Crippen LogP contribution in [0.25, 0.3) is 0 Å². The summed E-state index contributed by atoms with van der Waals surface area (Å²) < 4.78 is 0. The van der Waals surface area contributed by atoms with E-state index in [2.05, 4.69) is 0 Å². The second kappa shape index (κ2) is 23.1. The van der Waals surface area contributed by atoms with Gasteiger partial charge in [0.2, 0.25) is 0 Å². The molecule has 0 fully saturated rings. The topological polar surface area (TPSA) is 0 Å². The van der Waals surface area contributed by atoms with Crippen molar-refractivity contribution >= 4 is 25.8 Å². The van der Waals surface area contributed by atoms with Crippen molar-refractivity contribution in [1.29, 1.82) is 0 Å². The predicted molar refractivity (Wildman–Crippen MR) is 16.7 cm³/mol. The SMILES string of the molecule is C.[Er].[InH3].[Sm].[Yb]. The first kappa shape index (κ1) is 32.5. The Kier molecular flexibility index (Phi) is 150. The smallest absolute Gasteiger partial charge is 0 e. The van der Waals surface area contributed by atoms with Crippen molar-refractivity contribution in [3.63, 3.8) is 0 Å². The van der Waals surface area contributed by atoms with Gasteiger partial charge in [-0.1, -0.05) is 7.43 Å². The van der Waals surface area contributed by atoms with Gasteiger partial charge in [-0.3, -0.25) is 0 Å². The van der Waals surface area contributed by atoms with Gasteiger partial charge in [0.1, 0.15) is 0 Å². The van der Waals surface area contributed by atoms with E-state index in [0.717, 1.165) is 0 Å². The summed E-state index contributed by atoms with van der Waals surface area (Å²) in [5.74, 6) is 0. The zero-order valence-electron chi connectivity index (χ0n) is 0.964. The van der Waals surface area contributed by atoms with Crippen molar-refractivity contribution in [2.24, 2.45) is 0 Å². The van der Waals surface area contributed by atoms with E-state index < -0.39 is 0 Å². The third kappa shape index (κ3) is 17.6. The maximum Gasteiger partial charge on any atom is 0 e. The molecule has 0 aromatic rings. The number of rotatable bonds is 0. The van der Waals surface area contributed by atoms with Crippen LogP contribution in [0, 0.1) is 125 Å². The average Bonchev–Trinajstić information content (AvgIpc) is 0. The van der Waals surface area contributed by atoms with E-state index in [-0.39, 0.29) is 158 Å². The molecule has 4 heteroatoms. The van der Waals surface area contributed by atoms with Crippen LogP contribution in [0.3, 0.4) is 0 Å². The van der Waals surface area contributed by atoms with E-state index >= 15 is 0 Å². The Morgan fingerprint density at radius 1 is 1.00 bits per heavy atom. The zero-order valence-corrected chi connectivity index (χ0v) is 7.15. The van der Waals surface area contributed by atoms with Gasteiger partial charge < -0.3 is 0 Å². The molecule has 5 heavy (non-hydrogen) atoms.